The number of aryl methyl sites for hydroxylation is 1. The maximum atomic E-state index is 13.3. The lowest BCUT2D eigenvalue weighted by atomic mass is 9.96. The molecule has 0 spiro atoms. The van der Waals surface area contributed by atoms with Crippen molar-refractivity contribution >= 4 is 11.6 Å². The van der Waals surface area contributed by atoms with Gasteiger partial charge in [0, 0.05) is 24.4 Å². The molecular weight excluding hydrogens is 383 g/mol. The lowest BCUT2D eigenvalue weighted by Gasteiger charge is -2.17. The number of alkyl halides is 3. The van der Waals surface area contributed by atoms with E-state index in [1.807, 2.05) is 0 Å². The van der Waals surface area contributed by atoms with E-state index in [4.69, 9.17) is 5.73 Å². The van der Waals surface area contributed by atoms with E-state index in [-0.39, 0.29) is 23.2 Å². The molecule has 0 aliphatic rings. The largest absolute Gasteiger partial charge is 0.416 e. The van der Waals surface area contributed by atoms with Gasteiger partial charge >= 0.3 is 6.18 Å². The molecule has 4 N–H and O–H groups in total. The summed E-state index contributed by atoms with van der Waals surface area (Å²) >= 11 is 0. The van der Waals surface area contributed by atoms with Crippen molar-refractivity contribution in [2.75, 3.05) is 5.32 Å². The van der Waals surface area contributed by atoms with Gasteiger partial charge in [-0.1, -0.05) is 30.3 Å². The number of hydrogen-bond donors (Lipinski definition) is 3. The maximum absolute atomic E-state index is 13.3. The molecule has 5 nitrogen and oxygen atoms in total. The number of aromatic amines is 1. The number of benzene rings is 2. The molecule has 1 heterocycles. The maximum Gasteiger partial charge on any atom is 0.416 e. The van der Waals surface area contributed by atoms with Gasteiger partial charge in [-0.25, -0.2) is 0 Å². The number of hydrogen-bond acceptors (Lipinski definition) is 3. The summed E-state index contributed by atoms with van der Waals surface area (Å²) in [7, 11) is 0. The Labute approximate surface area is 164 Å². The normalized spacial score (nSPS) is 11.3. The SMILES string of the molecule is Cc1ccc(-c2cccc(C(N)=O)c2NCc2ccc(=O)[nH]c2)cc1C(F)(F)F. The summed E-state index contributed by atoms with van der Waals surface area (Å²) in [5.41, 5.74) is 6.48. The Morgan fingerprint density at radius 2 is 1.90 bits per heavy atom. The van der Waals surface area contributed by atoms with Crippen LogP contribution in [0.3, 0.4) is 0 Å². The van der Waals surface area contributed by atoms with E-state index in [9.17, 15) is 22.8 Å². The first-order valence-corrected chi connectivity index (χ1v) is 8.69. The first-order chi connectivity index (χ1) is 13.7. The van der Waals surface area contributed by atoms with Crippen LogP contribution in [0, 0.1) is 6.92 Å². The van der Waals surface area contributed by atoms with E-state index in [2.05, 4.69) is 10.3 Å². The van der Waals surface area contributed by atoms with Crippen LogP contribution in [0.15, 0.2) is 59.5 Å². The van der Waals surface area contributed by atoms with Crippen molar-refractivity contribution in [3.63, 3.8) is 0 Å². The Morgan fingerprint density at radius 3 is 2.52 bits per heavy atom. The van der Waals surface area contributed by atoms with E-state index in [1.165, 1.54) is 31.3 Å². The van der Waals surface area contributed by atoms with E-state index >= 15 is 0 Å². The van der Waals surface area contributed by atoms with Crippen LogP contribution in [-0.2, 0) is 12.7 Å². The predicted octanol–water partition coefficient (Wildman–Crippen LogP) is 4.08. The Kier molecular flexibility index (Phi) is 5.45. The highest BCUT2D eigenvalue weighted by Gasteiger charge is 2.32. The third kappa shape index (κ3) is 4.48. The second-order valence-corrected chi connectivity index (χ2v) is 6.53. The van der Waals surface area contributed by atoms with E-state index in [0.717, 1.165) is 11.6 Å². The summed E-state index contributed by atoms with van der Waals surface area (Å²) in [4.78, 5) is 25.6. The van der Waals surface area contributed by atoms with Crippen LogP contribution in [0.25, 0.3) is 11.1 Å². The van der Waals surface area contributed by atoms with Gasteiger partial charge in [0.1, 0.15) is 0 Å². The van der Waals surface area contributed by atoms with E-state index in [0.29, 0.717) is 16.8 Å². The molecule has 1 aromatic heterocycles. The molecule has 0 fully saturated rings. The van der Waals surface area contributed by atoms with Crippen LogP contribution in [0.5, 0.6) is 0 Å². The number of primary amides is 1. The lowest BCUT2D eigenvalue weighted by Crippen LogP contribution is -2.15. The molecule has 0 aliphatic heterocycles. The van der Waals surface area contributed by atoms with Crippen molar-refractivity contribution in [2.45, 2.75) is 19.6 Å². The second kappa shape index (κ2) is 7.83. The van der Waals surface area contributed by atoms with Gasteiger partial charge in [-0.2, -0.15) is 13.2 Å². The fourth-order valence-corrected chi connectivity index (χ4v) is 3.03. The standard InChI is InChI=1S/C21H18F3N3O2/c1-12-5-7-14(9-17(12)21(22,23)24)15-3-2-4-16(20(25)29)19(15)27-11-13-6-8-18(28)26-10-13/h2-10,27H,11H2,1H3,(H2,25,29)(H,26,28). The predicted molar refractivity (Wildman–Crippen MR) is 105 cm³/mol. The molecule has 8 heteroatoms. The number of H-pyrrole nitrogens is 1. The summed E-state index contributed by atoms with van der Waals surface area (Å²) in [6, 6.07) is 11.6. The number of aromatic nitrogens is 1. The van der Waals surface area contributed by atoms with Gasteiger partial charge in [0.25, 0.3) is 5.91 Å². The minimum atomic E-state index is -4.50. The summed E-state index contributed by atoms with van der Waals surface area (Å²) < 4.78 is 40.0. The molecule has 2 aromatic carbocycles. The molecule has 0 atom stereocenters. The molecule has 1 amide bonds. The fraction of sp³-hybridized carbons (Fsp3) is 0.143. The van der Waals surface area contributed by atoms with Crippen molar-refractivity contribution in [1.29, 1.82) is 0 Å². The number of nitrogens with two attached hydrogens (primary N) is 1. The smallest absolute Gasteiger partial charge is 0.380 e. The molecule has 0 radical (unpaired) electrons. The van der Waals surface area contributed by atoms with Gasteiger partial charge in [0.2, 0.25) is 5.56 Å². The van der Waals surface area contributed by atoms with Gasteiger partial charge in [0.15, 0.2) is 0 Å². The average molecular weight is 401 g/mol. The van der Waals surface area contributed by atoms with Gasteiger partial charge < -0.3 is 16.0 Å². The summed E-state index contributed by atoms with van der Waals surface area (Å²) in [5, 5.41) is 3.07. The third-order valence-electron chi connectivity index (χ3n) is 4.50. The summed E-state index contributed by atoms with van der Waals surface area (Å²) in [6.07, 6.45) is -2.99. The number of halogens is 3. The van der Waals surface area contributed by atoms with Crippen LogP contribution in [0.1, 0.15) is 27.0 Å². The Hall–Kier alpha value is -3.55. The lowest BCUT2D eigenvalue weighted by molar-refractivity contribution is -0.138. The zero-order valence-corrected chi connectivity index (χ0v) is 15.4. The number of nitrogens with one attached hydrogen (secondary N) is 2. The highest BCUT2D eigenvalue weighted by atomic mass is 19.4. The highest BCUT2D eigenvalue weighted by molar-refractivity contribution is 6.02. The molecular formula is C21H18F3N3O2. The topological polar surface area (TPSA) is 88.0 Å². The number of anilines is 1. The van der Waals surface area contributed by atoms with Gasteiger partial charge in [-0.05, 0) is 35.7 Å². The van der Waals surface area contributed by atoms with Crippen LogP contribution < -0.4 is 16.6 Å². The van der Waals surface area contributed by atoms with Crippen LogP contribution >= 0.6 is 0 Å². The quantitative estimate of drug-likeness (QED) is 0.602. The van der Waals surface area contributed by atoms with Crippen molar-refractivity contribution in [1.82, 2.24) is 4.98 Å². The van der Waals surface area contributed by atoms with Crippen LogP contribution in [0.4, 0.5) is 18.9 Å². The fourth-order valence-electron chi connectivity index (χ4n) is 3.03. The van der Waals surface area contributed by atoms with Crippen molar-refractivity contribution < 1.29 is 18.0 Å². The van der Waals surface area contributed by atoms with E-state index < -0.39 is 17.6 Å². The number of rotatable bonds is 5. The molecule has 0 unspecified atom stereocenters. The molecule has 150 valence electrons. The van der Waals surface area contributed by atoms with Gasteiger partial charge in [-0.15, -0.1) is 0 Å². The Balaban J connectivity index is 2.07. The first-order valence-electron chi connectivity index (χ1n) is 8.69. The molecule has 3 rings (SSSR count). The molecule has 0 aliphatic carbocycles. The summed E-state index contributed by atoms with van der Waals surface area (Å²) in [5.74, 6) is -0.709. The zero-order valence-electron chi connectivity index (χ0n) is 15.4. The molecule has 3 aromatic rings. The summed E-state index contributed by atoms with van der Waals surface area (Å²) in [6.45, 7) is 1.62. The minimum Gasteiger partial charge on any atom is -0.380 e. The van der Waals surface area contributed by atoms with Gasteiger partial charge in [-0.3, -0.25) is 9.59 Å². The average Bonchev–Trinajstić information content (AvgIpc) is 2.66. The number of amides is 1. The molecule has 0 saturated heterocycles. The molecule has 0 bridgehead atoms. The highest BCUT2D eigenvalue weighted by Crippen LogP contribution is 2.37. The van der Waals surface area contributed by atoms with Gasteiger partial charge in [0.05, 0.1) is 16.8 Å². The first kappa shape index (κ1) is 20.2. The Morgan fingerprint density at radius 1 is 1.14 bits per heavy atom. The van der Waals surface area contributed by atoms with Crippen LogP contribution in [0.2, 0.25) is 0 Å². The molecule has 29 heavy (non-hydrogen) atoms. The monoisotopic (exact) mass is 401 g/mol. The van der Waals surface area contributed by atoms with Crippen molar-refractivity contribution in [3.05, 3.63) is 87.3 Å². The van der Waals surface area contributed by atoms with Crippen molar-refractivity contribution in [2.24, 2.45) is 5.73 Å². The number of pyridine rings is 1. The zero-order chi connectivity index (χ0) is 21.2. The van der Waals surface area contributed by atoms with E-state index in [1.54, 1.807) is 24.3 Å². The second-order valence-electron chi connectivity index (χ2n) is 6.53. The molecule has 0 saturated carbocycles. The number of carbonyl (C=O) groups excluding carboxylic acids is 1. The number of para-hydroxylation sites is 1. The minimum absolute atomic E-state index is 0.107. The van der Waals surface area contributed by atoms with Crippen molar-refractivity contribution in [3.8, 4) is 11.1 Å². The Bertz CT molecular complexity index is 1100. The number of carbonyl (C=O) groups is 1. The third-order valence-corrected chi connectivity index (χ3v) is 4.50. The van der Waals surface area contributed by atoms with Crippen LogP contribution in [-0.4, -0.2) is 10.9 Å².